The van der Waals surface area contributed by atoms with E-state index >= 15 is 0 Å². The first kappa shape index (κ1) is 12.5. The minimum Gasteiger partial charge on any atom is -0.508 e. The number of aliphatic hydroxyl groups is 1. The fraction of sp³-hybridized carbons (Fsp3) is 0.182. The maximum absolute atomic E-state index is 10.5. The Morgan fingerprint density at radius 2 is 2.21 bits per heavy atom. The Kier molecular flexibility index (Phi) is 6.20. The molecule has 0 aromatic heterocycles. The van der Waals surface area contributed by atoms with Gasteiger partial charge in [0, 0.05) is 0 Å². The number of aliphatic hydroxyl groups excluding tert-OH is 1. The van der Waals surface area contributed by atoms with Crippen molar-refractivity contribution < 1.29 is 9.90 Å². The van der Waals surface area contributed by atoms with Gasteiger partial charge in [-0.3, -0.25) is 4.79 Å². The molecule has 3 heteroatoms. The van der Waals surface area contributed by atoms with Crippen LogP contribution in [0.4, 0.5) is 0 Å². The summed E-state index contributed by atoms with van der Waals surface area (Å²) in [5, 5.41) is 9.04. The molecule has 0 fully saturated rings. The highest BCUT2D eigenvalue weighted by Gasteiger charge is 1.99. The van der Waals surface area contributed by atoms with Crippen molar-refractivity contribution in [1.82, 2.24) is 0 Å². The topological polar surface area (TPSA) is 37.3 Å². The van der Waals surface area contributed by atoms with Crippen molar-refractivity contribution in [3.63, 3.8) is 0 Å². The minimum atomic E-state index is -0.196. The second-order valence-electron chi connectivity index (χ2n) is 2.82. The van der Waals surface area contributed by atoms with Gasteiger partial charge in [-0.1, -0.05) is 37.1 Å². The third-order valence-corrected chi connectivity index (χ3v) is 1.76. The van der Waals surface area contributed by atoms with Gasteiger partial charge in [0.15, 0.2) is 13.6 Å². The molecular weight excluding hydrogens is 175 g/mol. The van der Waals surface area contributed by atoms with Gasteiger partial charge in [-0.2, -0.15) is 0 Å². The molecule has 0 saturated carbocycles. The monoisotopic (exact) mass is 190 g/mol. The number of allylic oxidation sites excluding steroid dienone is 5. The van der Waals surface area contributed by atoms with Crippen LogP contribution in [-0.2, 0) is 4.79 Å². The van der Waals surface area contributed by atoms with Gasteiger partial charge in [-0.05, 0) is 6.42 Å². The number of aldehydes is 1. The molecule has 0 aliphatic rings. The second-order valence-corrected chi connectivity index (χ2v) is 2.82. The van der Waals surface area contributed by atoms with Crippen LogP contribution >= 0.6 is 0 Å². The molecule has 0 rings (SSSR count). The summed E-state index contributed by atoms with van der Waals surface area (Å²) in [6.45, 7) is 8.88. The maximum Gasteiger partial charge on any atom is 0.154 e. The van der Waals surface area contributed by atoms with Gasteiger partial charge in [0.25, 0.3) is 0 Å². The Hall–Kier alpha value is -1.51. The van der Waals surface area contributed by atoms with Crippen LogP contribution in [0.2, 0.25) is 6.82 Å². The van der Waals surface area contributed by atoms with E-state index in [2.05, 4.69) is 13.2 Å². The van der Waals surface area contributed by atoms with Crippen LogP contribution < -0.4 is 0 Å². The van der Waals surface area contributed by atoms with E-state index in [1.54, 1.807) is 12.2 Å². The van der Waals surface area contributed by atoms with Gasteiger partial charge in [-0.15, -0.1) is 6.58 Å². The largest absolute Gasteiger partial charge is 0.508 e. The van der Waals surface area contributed by atoms with E-state index in [4.69, 9.17) is 5.11 Å². The predicted molar refractivity (Wildman–Crippen MR) is 61.8 cm³/mol. The van der Waals surface area contributed by atoms with Crippen molar-refractivity contribution in [1.29, 1.82) is 0 Å². The fourth-order valence-electron chi connectivity index (χ4n) is 0.925. The highest BCUT2D eigenvalue weighted by Crippen LogP contribution is 2.06. The minimum absolute atomic E-state index is 0.196. The highest BCUT2D eigenvalue weighted by atomic mass is 16.3. The third kappa shape index (κ3) is 4.50. The van der Waals surface area contributed by atoms with E-state index in [-0.39, 0.29) is 11.3 Å². The number of hydrogen-bond acceptors (Lipinski definition) is 2. The van der Waals surface area contributed by atoms with Crippen molar-refractivity contribution in [3.05, 3.63) is 48.2 Å². The van der Waals surface area contributed by atoms with Crippen LogP contribution in [0.1, 0.15) is 6.42 Å². The Labute approximate surface area is 85.6 Å². The molecule has 0 atom stereocenters. The Bertz CT molecular complexity index is 288. The summed E-state index contributed by atoms with van der Waals surface area (Å²) >= 11 is 0. The quantitative estimate of drug-likeness (QED) is 0.174. The van der Waals surface area contributed by atoms with Crippen molar-refractivity contribution >= 4 is 13.6 Å². The van der Waals surface area contributed by atoms with Crippen LogP contribution in [-0.4, -0.2) is 18.7 Å². The van der Waals surface area contributed by atoms with E-state index in [0.29, 0.717) is 6.29 Å². The summed E-state index contributed by atoms with van der Waals surface area (Å²) in [7, 11) is 0.804. The summed E-state index contributed by atoms with van der Waals surface area (Å²) in [6, 6.07) is 0. The van der Waals surface area contributed by atoms with Crippen molar-refractivity contribution in [2.75, 3.05) is 0 Å². The Morgan fingerprint density at radius 3 is 2.57 bits per heavy atom. The zero-order valence-electron chi connectivity index (χ0n) is 8.49. The van der Waals surface area contributed by atoms with Crippen molar-refractivity contribution in [3.8, 4) is 0 Å². The number of hydrogen-bond donors (Lipinski definition) is 1. The van der Waals surface area contributed by atoms with Gasteiger partial charge in [-0.25, -0.2) is 0 Å². The van der Waals surface area contributed by atoms with Crippen LogP contribution in [0, 0.1) is 0 Å². The average Bonchev–Trinajstić information content (AvgIpc) is 2.18. The molecule has 0 aliphatic heterocycles. The molecule has 2 nitrogen and oxygen atoms in total. The van der Waals surface area contributed by atoms with Crippen molar-refractivity contribution in [2.24, 2.45) is 0 Å². The zero-order valence-corrected chi connectivity index (χ0v) is 8.49. The van der Waals surface area contributed by atoms with Crippen LogP contribution in [0.15, 0.2) is 48.2 Å². The molecule has 0 bridgehead atoms. The Balaban J connectivity index is 4.77. The summed E-state index contributed by atoms with van der Waals surface area (Å²) in [5.41, 5.74) is 1.21. The van der Waals surface area contributed by atoms with E-state index in [1.165, 1.54) is 0 Å². The normalized spacial score (nSPS) is 12.1. The lowest BCUT2D eigenvalue weighted by Crippen LogP contribution is -1.94. The van der Waals surface area contributed by atoms with Crippen molar-refractivity contribution in [2.45, 2.75) is 13.2 Å². The molecule has 0 aliphatic carbocycles. The summed E-state index contributed by atoms with van der Waals surface area (Å²) < 4.78 is 0. The summed E-state index contributed by atoms with van der Waals surface area (Å²) in [5.74, 6) is -0.196. The molecule has 0 aromatic carbocycles. The second kappa shape index (κ2) is 6.95. The first-order valence-corrected chi connectivity index (χ1v) is 4.50. The lowest BCUT2D eigenvalue weighted by atomic mass is 9.71. The number of carbonyl (C=O) groups excluding carboxylic acids is 1. The number of carbonyl (C=O) groups is 1. The van der Waals surface area contributed by atoms with Gasteiger partial charge in [0.2, 0.25) is 0 Å². The molecule has 1 N–H and O–H groups in total. The van der Waals surface area contributed by atoms with E-state index in [0.717, 1.165) is 19.2 Å². The summed E-state index contributed by atoms with van der Waals surface area (Å²) in [6.07, 6.45) is 6.72. The standard InChI is InChI=1S/C11H15BO2/c1-4-5-6-11(12-3)7-10(8-13)9(2)14/h4,6-8,12,14H,1-2,5H2,3H3/b10-7-,11-6+. The third-order valence-electron chi connectivity index (χ3n) is 1.76. The maximum atomic E-state index is 10.5. The molecule has 0 unspecified atom stereocenters. The SMILES string of the molecule is C=CC/C=C(BC)\C=C(\C=O)C(=C)O. The van der Waals surface area contributed by atoms with Gasteiger partial charge < -0.3 is 5.11 Å². The molecule has 0 heterocycles. The first-order valence-electron chi connectivity index (χ1n) is 4.50. The average molecular weight is 190 g/mol. The van der Waals surface area contributed by atoms with Gasteiger partial charge in [0.05, 0.1) is 5.57 Å². The lowest BCUT2D eigenvalue weighted by molar-refractivity contribution is -0.104. The predicted octanol–water partition coefficient (Wildman–Crippen LogP) is 2.13. The summed E-state index contributed by atoms with van der Waals surface area (Å²) in [4.78, 5) is 10.5. The Morgan fingerprint density at radius 1 is 1.57 bits per heavy atom. The van der Waals surface area contributed by atoms with Crippen LogP contribution in [0.3, 0.4) is 0 Å². The highest BCUT2D eigenvalue weighted by molar-refractivity contribution is 6.44. The smallest absolute Gasteiger partial charge is 0.154 e. The van der Waals surface area contributed by atoms with E-state index < -0.39 is 0 Å². The molecule has 74 valence electrons. The molecule has 0 aromatic rings. The van der Waals surface area contributed by atoms with Crippen LogP contribution in [0.25, 0.3) is 0 Å². The molecule has 0 spiro atoms. The number of rotatable bonds is 6. The van der Waals surface area contributed by atoms with Gasteiger partial charge in [0.1, 0.15) is 5.76 Å². The molecule has 0 amide bonds. The molecular formula is C11H15BO2. The first-order chi connectivity index (χ1) is 6.65. The lowest BCUT2D eigenvalue weighted by Gasteiger charge is -1.99. The molecule has 0 saturated heterocycles. The fourth-order valence-corrected chi connectivity index (χ4v) is 0.925. The van der Waals surface area contributed by atoms with Gasteiger partial charge >= 0.3 is 0 Å². The zero-order chi connectivity index (χ0) is 11.0. The molecule has 14 heavy (non-hydrogen) atoms. The van der Waals surface area contributed by atoms with Crippen LogP contribution in [0.5, 0.6) is 0 Å². The van der Waals surface area contributed by atoms with E-state index in [9.17, 15) is 4.79 Å². The molecule has 0 radical (unpaired) electrons. The van der Waals surface area contributed by atoms with E-state index in [1.807, 2.05) is 12.9 Å².